The maximum Gasteiger partial charge on any atom is 0.188 e. The second-order valence-electron chi connectivity index (χ2n) is 5.65. The Bertz CT molecular complexity index is 417. The lowest BCUT2D eigenvalue weighted by molar-refractivity contribution is 0.507. The minimum Gasteiger partial charge on any atom is -0.370 e. The van der Waals surface area contributed by atoms with Crippen molar-refractivity contribution >= 4 is 29.9 Å². The third kappa shape index (κ3) is 7.39. The van der Waals surface area contributed by atoms with E-state index >= 15 is 0 Å². The van der Waals surface area contributed by atoms with E-state index in [0.717, 1.165) is 18.7 Å². The second kappa shape index (κ2) is 7.72. The number of rotatable bonds is 4. The van der Waals surface area contributed by atoms with Crippen LogP contribution in [0.4, 0.5) is 0 Å². The van der Waals surface area contributed by atoms with Crippen molar-refractivity contribution in [3.8, 4) is 0 Å². The van der Waals surface area contributed by atoms with Gasteiger partial charge in [-0.2, -0.15) is 5.10 Å². The zero-order valence-corrected chi connectivity index (χ0v) is 14.9. The van der Waals surface area contributed by atoms with Crippen LogP contribution in [0, 0.1) is 13.8 Å². The van der Waals surface area contributed by atoms with Crippen LogP contribution in [0.25, 0.3) is 0 Å². The summed E-state index contributed by atoms with van der Waals surface area (Å²) in [5, 5.41) is 7.55. The molecule has 1 aromatic rings. The molecule has 0 bridgehead atoms. The van der Waals surface area contributed by atoms with Gasteiger partial charge in [-0.15, -0.1) is 24.0 Å². The van der Waals surface area contributed by atoms with Crippen LogP contribution in [-0.4, -0.2) is 27.8 Å². The lowest BCUT2D eigenvalue weighted by Gasteiger charge is -2.20. The minimum absolute atomic E-state index is 0. The average molecular weight is 379 g/mol. The summed E-state index contributed by atoms with van der Waals surface area (Å²) in [6, 6.07) is 2.08. The SMILES string of the molecule is Cc1cc(C)n(CCCN=C(N)NC(C)(C)C)n1.I. The summed E-state index contributed by atoms with van der Waals surface area (Å²) in [6.07, 6.45) is 0.939. The first kappa shape index (κ1) is 18.2. The van der Waals surface area contributed by atoms with Gasteiger partial charge in [-0.25, -0.2) is 0 Å². The van der Waals surface area contributed by atoms with Gasteiger partial charge in [0.1, 0.15) is 0 Å². The molecule has 0 aliphatic rings. The monoisotopic (exact) mass is 379 g/mol. The van der Waals surface area contributed by atoms with Gasteiger partial charge in [0.2, 0.25) is 0 Å². The van der Waals surface area contributed by atoms with E-state index in [0.29, 0.717) is 12.5 Å². The van der Waals surface area contributed by atoms with Gasteiger partial charge in [0.15, 0.2) is 5.96 Å². The first-order chi connectivity index (χ1) is 8.28. The van der Waals surface area contributed by atoms with Crippen molar-refractivity contribution in [1.82, 2.24) is 15.1 Å². The Balaban J connectivity index is 0.00000324. The number of nitrogens with zero attached hydrogens (tertiary/aromatic N) is 3. The Kier molecular flexibility index (Phi) is 7.39. The summed E-state index contributed by atoms with van der Waals surface area (Å²) in [4.78, 5) is 4.30. The highest BCUT2D eigenvalue weighted by atomic mass is 127. The van der Waals surface area contributed by atoms with Crippen LogP contribution in [0.5, 0.6) is 0 Å². The molecule has 0 aliphatic heterocycles. The van der Waals surface area contributed by atoms with Crippen LogP contribution in [0.1, 0.15) is 38.6 Å². The van der Waals surface area contributed by atoms with E-state index < -0.39 is 0 Å². The predicted octanol–water partition coefficient (Wildman–Crippen LogP) is 2.21. The minimum atomic E-state index is -0.0384. The molecule has 0 amide bonds. The van der Waals surface area contributed by atoms with E-state index in [9.17, 15) is 0 Å². The molecule has 0 saturated heterocycles. The van der Waals surface area contributed by atoms with Gasteiger partial charge in [0, 0.05) is 24.3 Å². The molecule has 5 nitrogen and oxygen atoms in total. The van der Waals surface area contributed by atoms with E-state index in [4.69, 9.17) is 5.73 Å². The van der Waals surface area contributed by atoms with E-state index in [1.54, 1.807) is 0 Å². The Labute approximate surface area is 133 Å². The third-order valence-corrected chi connectivity index (χ3v) is 2.42. The molecule has 0 atom stereocenters. The number of nitrogens with two attached hydrogens (primary N) is 1. The normalized spacial score (nSPS) is 12.2. The van der Waals surface area contributed by atoms with Crippen LogP contribution in [0.3, 0.4) is 0 Å². The number of aryl methyl sites for hydroxylation is 3. The van der Waals surface area contributed by atoms with Crippen LogP contribution in [-0.2, 0) is 6.54 Å². The summed E-state index contributed by atoms with van der Waals surface area (Å²) in [7, 11) is 0. The van der Waals surface area contributed by atoms with Crippen molar-refractivity contribution in [2.45, 2.75) is 53.1 Å². The summed E-state index contributed by atoms with van der Waals surface area (Å²) in [6.45, 7) is 11.9. The molecular weight excluding hydrogens is 353 g/mol. The van der Waals surface area contributed by atoms with Gasteiger partial charge in [-0.3, -0.25) is 9.67 Å². The maximum absolute atomic E-state index is 5.79. The Morgan fingerprint density at radius 1 is 1.42 bits per heavy atom. The van der Waals surface area contributed by atoms with E-state index in [1.165, 1.54) is 5.69 Å². The average Bonchev–Trinajstić information content (AvgIpc) is 2.49. The molecule has 1 rings (SSSR count). The highest BCUT2D eigenvalue weighted by Gasteiger charge is 2.09. The summed E-state index contributed by atoms with van der Waals surface area (Å²) < 4.78 is 2.01. The zero-order valence-electron chi connectivity index (χ0n) is 12.5. The molecule has 0 saturated carbocycles. The molecule has 0 aliphatic carbocycles. The van der Waals surface area contributed by atoms with Crippen molar-refractivity contribution in [2.75, 3.05) is 6.54 Å². The second-order valence-corrected chi connectivity index (χ2v) is 5.65. The van der Waals surface area contributed by atoms with Crippen molar-refractivity contribution in [3.05, 3.63) is 17.5 Å². The number of aromatic nitrogens is 2. The maximum atomic E-state index is 5.79. The number of halogens is 1. The van der Waals surface area contributed by atoms with E-state index in [-0.39, 0.29) is 29.5 Å². The third-order valence-electron chi connectivity index (χ3n) is 2.42. The molecule has 6 heteroatoms. The van der Waals surface area contributed by atoms with Crippen molar-refractivity contribution in [3.63, 3.8) is 0 Å². The first-order valence-corrected chi connectivity index (χ1v) is 6.37. The standard InChI is InChI=1S/C13H25N5.HI/c1-10-9-11(2)18(17-10)8-6-7-15-12(14)16-13(3,4)5;/h9H,6-8H2,1-5H3,(H3,14,15,16);1H. The number of aliphatic imine (C=N–C) groups is 1. The van der Waals surface area contributed by atoms with Crippen LogP contribution < -0.4 is 11.1 Å². The number of guanidine groups is 1. The number of hydrogen-bond donors (Lipinski definition) is 2. The summed E-state index contributed by atoms with van der Waals surface area (Å²) in [5.74, 6) is 0.510. The van der Waals surface area contributed by atoms with Gasteiger partial charge < -0.3 is 11.1 Å². The molecule has 0 radical (unpaired) electrons. The molecule has 1 aromatic heterocycles. The number of nitrogens with one attached hydrogen (secondary N) is 1. The first-order valence-electron chi connectivity index (χ1n) is 6.37. The van der Waals surface area contributed by atoms with Crippen molar-refractivity contribution < 1.29 is 0 Å². The topological polar surface area (TPSA) is 68.2 Å². The van der Waals surface area contributed by atoms with Gasteiger partial charge in [0.25, 0.3) is 0 Å². The zero-order chi connectivity index (χ0) is 13.8. The highest BCUT2D eigenvalue weighted by Crippen LogP contribution is 2.02. The van der Waals surface area contributed by atoms with Gasteiger partial charge >= 0.3 is 0 Å². The van der Waals surface area contributed by atoms with Gasteiger partial charge in [-0.05, 0) is 47.1 Å². The molecule has 0 unspecified atom stereocenters. The van der Waals surface area contributed by atoms with Gasteiger partial charge in [0.05, 0.1) is 5.69 Å². The van der Waals surface area contributed by atoms with Crippen LogP contribution in [0.15, 0.2) is 11.1 Å². The molecule has 19 heavy (non-hydrogen) atoms. The Morgan fingerprint density at radius 3 is 2.53 bits per heavy atom. The fraction of sp³-hybridized carbons (Fsp3) is 0.692. The van der Waals surface area contributed by atoms with Crippen LogP contribution in [0.2, 0.25) is 0 Å². The molecule has 110 valence electrons. The van der Waals surface area contributed by atoms with Gasteiger partial charge in [-0.1, -0.05) is 0 Å². The molecule has 3 N–H and O–H groups in total. The van der Waals surface area contributed by atoms with E-state index in [2.05, 4.69) is 49.2 Å². The molecule has 0 spiro atoms. The fourth-order valence-corrected chi connectivity index (χ4v) is 1.75. The summed E-state index contributed by atoms with van der Waals surface area (Å²) in [5.41, 5.74) is 8.00. The molecule has 0 aromatic carbocycles. The quantitative estimate of drug-likeness (QED) is 0.365. The largest absolute Gasteiger partial charge is 0.370 e. The molecule has 1 heterocycles. The van der Waals surface area contributed by atoms with Crippen LogP contribution >= 0.6 is 24.0 Å². The lowest BCUT2D eigenvalue weighted by Crippen LogP contribution is -2.45. The van der Waals surface area contributed by atoms with Crippen molar-refractivity contribution in [1.29, 1.82) is 0 Å². The highest BCUT2D eigenvalue weighted by molar-refractivity contribution is 14.0. The van der Waals surface area contributed by atoms with Crippen molar-refractivity contribution in [2.24, 2.45) is 10.7 Å². The van der Waals surface area contributed by atoms with E-state index in [1.807, 2.05) is 11.6 Å². The lowest BCUT2D eigenvalue weighted by atomic mass is 10.1. The predicted molar refractivity (Wildman–Crippen MR) is 91.1 cm³/mol. The molecule has 0 fully saturated rings. The fourth-order valence-electron chi connectivity index (χ4n) is 1.75. The number of hydrogen-bond acceptors (Lipinski definition) is 2. The smallest absolute Gasteiger partial charge is 0.188 e. The molecular formula is C13H26IN5. The summed E-state index contributed by atoms with van der Waals surface area (Å²) >= 11 is 0. The Hall–Kier alpha value is -0.790. The Morgan fingerprint density at radius 2 is 2.05 bits per heavy atom.